The standard InChI is InChI=1S/C17H19F2IN4O/c1-16(2,3)24-14-12(19)9(8-21)6-10(18)13(14)23-15(24)22-11(25)7-17(4,5)20/h6H,7H2,1-5H3,(H,22,23,25). The fraction of sp³-hybridized carbons (Fsp3) is 0.471. The number of fused-ring (bicyclic) bond motifs is 1. The van der Waals surface area contributed by atoms with E-state index in [2.05, 4.69) is 32.9 Å². The van der Waals surface area contributed by atoms with E-state index >= 15 is 0 Å². The second-order valence-corrected chi connectivity index (χ2v) is 10.3. The Morgan fingerprint density at radius 3 is 2.44 bits per heavy atom. The van der Waals surface area contributed by atoms with Crippen LogP contribution in [0.2, 0.25) is 0 Å². The Hall–Kier alpha value is -1.76. The molecule has 0 spiro atoms. The highest BCUT2D eigenvalue weighted by Gasteiger charge is 2.29. The van der Waals surface area contributed by atoms with Gasteiger partial charge in [-0.3, -0.25) is 10.1 Å². The Labute approximate surface area is 158 Å². The van der Waals surface area contributed by atoms with Crippen LogP contribution in [0.1, 0.15) is 46.6 Å². The molecule has 1 heterocycles. The highest BCUT2D eigenvalue weighted by Crippen LogP contribution is 2.33. The van der Waals surface area contributed by atoms with Gasteiger partial charge in [0.05, 0.1) is 5.56 Å². The van der Waals surface area contributed by atoms with Crippen LogP contribution in [0.5, 0.6) is 0 Å². The maximum absolute atomic E-state index is 14.7. The minimum atomic E-state index is -0.851. The molecule has 0 aliphatic rings. The minimum Gasteiger partial charge on any atom is -0.302 e. The fourth-order valence-corrected chi connectivity index (χ4v) is 2.89. The molecule has 1 aromatic carbocycles. The molecule has 0 aliphatic heterocycles. The van der Waals surface area contributed by atoms with Gasteiger partial charge in [-0.25, -0.2) is 13.8 Å². The molecule has 0 saturated heterocycles. The predicted molar refractivity (Wildman–Crippen MR) is 101 cm³/mol. The van der Waals surface area contributed by atoms with Gasteiger partial charge in [0.25, 0.3) is 0 Å². The molecule has 0 fully saturated rings. The van der Waals surface area contributed by atoms with Gasteiger partial charge < -0.3 is 4.57 Å². The smallest absolute Gasteiger partial charge is 0.227 e. The van der Waals surface area contributed by atoms with Crippen LogP contribution < -0.4 is 5.32 Å². The number of hydrogen-bond donors (Lipinski definition) is 1. The van der Waals surface area contributed by atoms with E-state index in [1.54, 1.807) is 26.8 Å². The number of nitrogens with zero attached hydrogens (tertiary/aromatic N) is 3. The van der Waals surface area contributed by atoms with Gasteiger partial charge >= 0.3 is 0 Å². The first kappa shape index (κ1) is 19.6. The van der Waals surface area contributed by atoms with Crippen molar-refractivity contribution in [3.05, 3.63) is 23.3 Å². The molecule has 1 amide bonds. The zero-order chi connectivity index (χ0) is 19.2. The van der Waals surface area contributed by atoms with Gasteiger partial charge in [-0.05, 0) is 26.8 Å². The predicted octanol–water partition coefficient (Wildman–Crippen LogP) is 4.48. The Morgan fingerprint density at radius 2 is 1.96 bits per heavy atom. The number of hydrogen-bond acceptors (Lipinski definition) is 3. The van der Waals surface area contributed by atoms with Crippen LogP contribution in [0.3, 0.4) is 0 Å². The summed E-state index contributed by atoms with van der Waals surface area (Å²) < 4.78 is 30.1. The molecule has 0 unspecified atom stereocenters. The molecule has 1 N–H and O–H groups in total. The van der Waals surface area contributed by atoms with E-state index in [1.165, 1.54) is 4.57 Å². The summed E-state index contributed by atoms with van der Waals surface area (Å²) in [6.07, 6.45) is 0.218. The highest BCUT2D eigenvalue weighted by atomic mass is 127. The summed E-state index contributed by atoms with van der Waals surface area (Å²) in [5, 5.41) is 11.7. The lowest BCUT2D eigenvalue weighted by Crippen LogP contribution is -2.28. The number of rotatable bonds is 3. The number of carbonyl (C=O) groups is 1. The first-order valence-corrected chi connectivity index (χ1v) is 8.73. The summed E-state index contributed by atoms with van der Waals surface area (Å²) in [6, 6.07) is 2.46. The molecule has 25 heavy (non-hydrogen) atoms. The highest BCUT2D eigenvalue weighted by molar-refractivity contribution is 14.1. The number of amides is 1. The van der Waals surface area contributed by atoms with Crippen LogP contribution in [0, 0.1) is 23.0 Å². The van der Waals surface area contributed by atoms with Crippen LogP contribution in [0.4, 0.5) is 14.7 Å². The van der Waals surface area contributed by atoms with E-state index in [0.717, 1.165) is 6.07 Å². The van der Waals surface area contributed by atoms with Gasteiger partial charge in [0.2, 0.25) is 11.9 Å². The maximum Gasteiger partial charge on any atom is 0.227 e. The molecular formula is C17H19F2IN4O. The van der Waals surface area contributed by atoms with Crippen molar-refractivity contribution in [2.24, 2.45) is 0 Å². The third-order valence-electron chi connectivity index (χ3n) is 3.44. The summed E-state index contributed by atoms with van der Waals surface area (Å²) >= 11 is 2.15. The second-order valence-electron chi connectivity index (χ2n) is 7.41. The van der Waals surface area contributed by atoms with Gasteiger partial charge in [0, 0.05) is 15.4 Å². The van der Waals surface area contributed by atoms with E-state index < -0.39 is 22.7 Å². The average Bonchev–Trinajstić information content (AvgIpc) is 2.80. The number of nitrogens with one attached hydrogen (secondary N) is 1. The number of alkyl halides is 1. The summed E-state index contributed by atoms with van der Waals surface area (Å²) in [6.45, 7) is 9.14. The molecule has 2 aromatic rings. The zero-order valence-electron chi connectivity index (χ0n) is 14.7. The van der Waals surface area contributed by atoms with Crippen LogP contribution >= 0.6 is 22.6 Å². The van der Waals surface area contributed by atoms with Crippen molar-refractivity contribution in [2.45, 2.75) is 50.0 Å². The van der Waals surface area contributed by atoms with Crippen LogP contribution in [0.25, 0.3) is 11.0 Å². The van der Waals surface area contributed by atoms with Crippen LogP contribution in [0.15, 0.2) is 6.07 Å². The van der Waals surface area contributed by atoms with Crippen molar-refractivity contribution in [3.63, 3.8) is 0 Å². The SMILES string of the molecule is CC(C)(I)CC(=O)Nc1nc2c(F)cc(C#N)c(F)c2n1C(C)(C)C. The molecule has 0 aliphatic carbocycles. The number of aromatic nitrogens is 2. The number of imidazole rings is 1. The van der Waals surface area contributed by atoms with Gasteiger partial charge in [0.1, 0.15) is 17.1 Å². The monoisotopic (exact) mass is 460 g/mol. The molecule has 8 heteroatoms. The fourth-order valence-electron chi connectivity index (χ4n) is 2.54. The largest absolute Gasteiger partial charge is 0.302 e. The number of nitriles is 1. The van der Waals surface area contributed by atoms with Crippen molar-refractivity contribution in [1.29, 1.82) is 5.26 Å². The number of anilines is 1. The molecule has 134 valence electrons. The number of carbonyl (C=O) groups excluding carboxylic acids is 1. The summed E-state index contributed by atoms with van der Waals surface area (Å²) in [4.78, 5) is 16.4. The topological polar surface area (TPSA) is 70.7 Å². The third-order valence-corrected chi connectivity index (χ3v) is 3.82. The molecule has 0 atom stereocenters. The van der Waals surface area contributed by atoms with Crippen molar-refractivity contribution in [3.8, 4) is 6.07 Å². The molecule has 0 saturated carbocycles. The Bertz CT molecular complexity index is 885. The molecular weight excluding hydrogens is 441 g/mol. The normalized spacial score (nSPS) is 12.3. The van der Waals surface area contributed by atoms with E-state index in [9.17, 15) is 13.6 Å². The van der Waals surface area contributed by atoms with Gasteiger partial charge in [-0.15, -0.1) is 0 Å². The van der Waals surface area contributed by atoms with Crippen LogP contribution in [-0.2, 0) is 10.3 Å². The Morgan fingerprint density at radius 1 is 1.36 bits per heavy atom. The first-order chi connectivity index (χ1) is 11.3. The van der Waals surface area contributed by atoms with Crippen molar-refractivity contribution >= 4 is 45.5 Å². The Balaban J connectivity index is 2.69. The van der Waals surface area contributed by atoms with Crippen molar-refractivity contribution < 1.29 is 13.6 Å². The maximum atomic E-state index is 14.7. The van der Waals surface area contributed by atoms with E-state index in [4.69, 9.17) is 5.26 Å². The molecule has 5 nitrogen and oxygen atoms in total. The van der Waals surface area contributed by atoms with E-state index in [0.29, 0.717) is 0 Å². The average molecular weight is 460 g/mol. The quantitative estimate of drug-likeness (QED) is 0.543. The van der Waals surface area contributed by atoms with E-state index in [1.807, 2.05) is 13.8 Å². The van der Waals surface area contributed by atoms with Gasteiger partial charge in [0.15, 0.2) is 11.6 Å². The summed E-state index contributed by atoms with van der Waals surface area (Å²) in [5.74, 6) is -1.90. The van der Waals surface area contributed by atoms with Crippen molar-refractivity contribution in [2.75, 3.05) is 5.32 Å². The van der Waals surface area contributed by atoms with Crippen molar-refractivity contribution in [1.82, 2.24) is 9.55 Å². The van der Waals surface area contributed by atoms with Crippen LogP contribution in [-0.4, -0.2) is 18.9 Å². The zero-order valence-corrected chi connectivity index (χ0v) is 16.8. The molecule has 2 rings (SSSR count). The lowest BCUT2D eigenvalue weighted by Gasteiger charge is -2.25. The molecule has 0 bridgehead atoms. The van der Waals surface area contributed by atoms with Gasteiger partial charge in [-0.1, -0.05) is 36.4 Å². The summed E-state index contributed by atoms with van der Waals surface area (Å²) in [5.41, 5.74) is -1.44. The first-order valence-electron chi connectivity index (χ1n) is 7.65. The minimum absolute atomic E-state index is 0.0565. The molecule has 1 aromatic heterocycles. The summed E-state index contributed by atoms with van der Waals surface area (Å²) in [7, 11) is 0. The third kappa shape index (κ3) is 4.08. The van der Waals surface area contributed by atoms with Gasteiger partial charge in [-0.2, -0.15) is 5.26 Å². The second kappa shape index (κ2) is 6.52. The van der Waals surface area contributed by atoms with E-state index in [-0.39, 0.29) is 32.7 Å². The molecule has 0 radical (unpaired) electrons. The number of benzene rings is 1. The number of halogens is 3. The Kier molecular flexibility index (Phi) is 5.10. The lowest BCUT2D eigenvalue weighted by atomic mass is 10.1. The lowest BCUT2D eigenvalue weighted by molar-refractivity contribution is -0.116.